The highest BCUT2D eigenvalue weighted by Gasteiger charge is 2.30. The van der Waals surface area contributed by atoms with E-state index in [0.29, 0.717) is 48.3 Å². The van der Waals surface area contributed by atoms with Crippen LogP contribution in [0, 0.1) is 6.92 Å². The molecule has 1 heterocycles. The van der Waals surface area contributed by atoms with Gasteiger partial charge in [0.2, 0.25) is 0 Å². The number of rotatable bonds is 10. The Morgan fingerprint density at radius 1 is 1.15 bits per heavy atom. The van der Waals surface area contributed by atoms with Crippen molar-refractivity contribution in [1.82, 2.24) is 4.98 Å². The molecule has 0 atom stereocenters. The molecule has 0 radical (unpaired) electrons. The third-order valence-corrected chi connectivity index (χ3v) is 5.53. The highest BCUT2D eigenvalue weighted by molar-refractivity contribution is 5.68. The molecule has 34 heavy (non-hydrogen) atoms. The summed E-state index contributed by atoms with van der Waals surface area (Å²) in [5.41, 5.74) is 2.14. The standard InChI is InChI=1S/C25H24F3NO5/c1-15-11-22(19(16-4-5-16)12-21(15)33-14-24(30)31)32-10-2-3-23-29-20(13-34-23)17-6-8-18(9-7-17)25(26,27)28/h6-9,11-13,16H,2-5,10,14H2,1H3,(H,30,31). The lowest BCUT2D eigenvalue weighted by Gasteiger charge is -2.15. The van der Waals surface area contributed by atoms with Gasteiger partial charge in [-0.3, -0.25) is 0 Å². The van der Waals surface area contributed by atoms with Crippen LogP contribution in [0.25, 0.3) is 11.3 Å². The lowest BCUT2D eigenvalue weighted by molar-refractivity contribution is -0.139. The lowest BCUT2D eigenvalue weighted by atomic mass is 10.1. The predicted molar refractivity (Wildman–Crippen MR) is 117 cm³/mol. The molecule has 0 unspecified atom stereocenters. The lowest BCUT2D eigenvalue weighted by Crippen LogP contribution is -2.10. The van der Waals surface area contributed by atoms with E-state index in [4.69, 9.17) is 19.0 Å². The molecule has 6 nitrogen and oxygen atoms in total. The summed E-state index contributed by atoms with van der Waals surface area (Å²) in [6.07, 6.45) is 0.313. The minimum atomic E-state index is -4.38. The fourth-order valence-electron chi connectivity index (χ4n) is 3.60. The Balaban J connectivity index is 1.33. The second-order valence-electron chi connectivity index (χ2n) is 8.27. The van der Waals surface area contributed by atoms with Crippen molar-refractivity contribution in [3.8, 4) is 22.8 Å². The van der Waals surface area contributed by atoms with E-state index in [1.807, 2.05) is 19.1 Å². The summed E-state index contributed by atoms with van der Waals surface area (Å²) in [5, 5.41) is 8.85. The normalized spacial score (nSPS) is 13.6. The zero-order chi connectivity index (χ0) is 24.3. The van der Waals surface area contributed by atoms with Crippen molar-refractivity contribution in [3.05, 3.63) is 65.2 Å². The molecule has 9 heteroatoms. The first-order chi connectivity index (χ1) is 16.2. The summed E-state index contributed by atoms with van der Waals surface area (Å²) in [5.74, 6) is 1.16. The van der Waals surface area contributed by atoms with Crippen LogP contribution < -0.4 is 9.47 Å². The molecule has 4 rings (SSSR count). The van der Waals surface area contributed by atoms with Crippen LogP contribution in [0.4, 0.5) is 13.2 Å². The summed E-state index contributed by atoms with van der Waals surface area (Å²) in [7, 11) is 0. The van der Waals surface area contributed by atoms with Crippen molar-refractivity contribution in [1.29, 1.82) is 0 Å². The van der Waals surface area contributed by atoms with Crippen LogP contribution in [-0.2, 0) is 17.4 Å². The number of benzene rings is 2. The molecule has 0 aliphatic heterocycles. The second kappa shape index (κ2) is 9.79. The molecule has 1 aromatic heterocycles. The Bertz CT molecular complexity index is 1150. The monoisotopic (exact) mass is 475 g/mol. The highest BCUT2D eigenvalue weighted by atomic mass is 19.4. The molecule has 1 fully saturated rings. The molecule has 1 saturated carbocycles. The number of hydrogen-bond donors (Lipinski definition) is 1. The number of carbonyl (C=O) groups is 1. The molecule has 1 aliphatic carbocycles. The van der Waals surface area contributed by atoms with Crippen molar-refractivity contribution < 1.29 is 37.0 Å². The van der Waals surface area contributed by atoms with Crippen molar-refractivity contribution in [3.63, 3.8) is 0 Å². The van der Waals surface area contributed by atoms with Crippen molar-refractivity contribution in [2.45, 2.75) is 44.7 Å². The average molecular weight is 475 g/mol. The van der Waals surface area contributed by atoms with Crippen LogP contribution in [0.2, 0.25) is 0 Å². The van der Waals surface area contributed by atoms with Gasteiger partial charge in [-0.25, -0.2) is 9.78 Å². The van der Waals surface area contributed by atoms with E-state index in [1.54, 1.807) is 0 Å². The number of carboxylic acids is 1. The maximum atomic E-state index is 12.7. The molecule has 1 N–H and O–H groups in total. The van der Waals surface area contributed by atoms with Gasteiger partial charge in [0.1, 0.15) is 23.5 Å². The number of aliphatic carboxylic acids is 1. The zero-order valence-electron chi connectivity index (χ0n) is 18.5. The molecule has 0 bridgehead atoms. The molecule has 0 amide bonds. The Kier molecular flexibility index (Phi) is 6.81. The zero-order valence-corrected chi connectivity index (χ0v) is 18.5. The maximum absolute atomic E-state index is 12.7. The van der Waals surface area contributed by atoms with Gasteiger partial charge in [-0.2, -0.15) is 13.2 Å². The van der Waals surface area contributed by atoms with E-state index >= 15 is 0 Å². The van der Waals surface area contributed by atoms with Gasteiger partial charge in [0.15, 0.2) is 12.5 Å². The molecule has 0 spiro atoms. The van der Waals surface area contributed by atoms with Crippen LogP contribution >= 0.6 is 0 Å². The largest absolute Gasteiger partial charge is 0.493 e. The molecule has 180 valence electrons. The summed E-state index contributed by atoms with van der Waals surface area (Å²) in [6, 6.07) is 8.54. The Labute approximate surface area is 194 Å². The Hall–Kier alpha value is -3.49. The third-order valence-electron chi connectivity index (χ3n) is 5.53. The minimum Gasteiger partial charge on any atom is -0.493 e. The molecular formula is C25H24F3NO5. The van der Waals surface area contributed by atoms with Crippen LogP contribution in [0.5, 0.6) is 11.5 Å². The van der Waals surface area contributed by atoms with E-state index in [2.05, 4.69) is 4.98 Å². The number of nitrogens with zero attached hydrogens (tertiary/aromatic N) is 1. The summed E-state index contributed by atoms with van der Waals surface area (Å²) in [6.45, 7) is 1.87. The van der Waals surface area contributed by atoms with Gasteiger partial charge in [0.25, 0.3) is 0 Å². The van der Waals surface area contributed by atoms with Crippen molar-refractivity contribution >= 4 is 5.97 Å². The first-order valence-corrected chi connectivity index (χ1v) is 10.9. The Morgan fingerprint density at radius 3 is 2.53 bits per heavy atom. The SMILES string of the molecule is Cc1cc(OCCCc2nc(-c3ccc(C(F)(F)F)cc3)co2)c(C2CC2)cc1OCC(=O)O. The van der Waals surface area contributed by atoms with E-state index in [0.717, 1.165) is 41.9 Å². The van der Waals surface area contributed by atoms with E-state index in [-0.39, 0.29) is 0 Å². The van der Waals surface area contributed by atoms with Crippen molar-refractivity contribution in [2.75, 3.05) is 13.2 Å². The molecule has 0 saturated heterocycles. The number of oxazole rings is 1. The van der Waals surface area contributed by atoms with Gasteiger partial charge in [-0.05, 0) is 61.9 Å². The summed E-state index contributed by atoms with van der Waals surface area (Å²) >= 11 is 0. The van der Waals surface area contributed by atoms with E-state index < -0.39 is 24.3 Å². The van der Waals surface area contributed by atoms with Gasteiger partial charge in [-0.15, -0.1) is 0 Å². The highest BCUT2D eigenvalue weighted by Crippen LogP contribution is 2.46. The topological polar surface area (TPSA) is 81.8 Å². The fraction of sp³-hybridized carbons (Fsp3) is 0.360. The van der Waals surface area contributed by atoms with Gasteiger partial charge in [0.05, 0.1) is 12.2 Å². The quantitative estimate of drug-likeness (QED) is 0.361. The maximum Gasteiger partial charge on any atom is 0.416 e. The predicted octanol–water partition coefficient (Wildman–Crippen LogP) is 6.02. The van der Waals surface area contributed by atoms with Crippen LogP contribution in [0.15, 0.2) is 47.1 Å². The Morgan fingerprint density at radius 2 is 1.88 bits per heavy atom. The average Bonchev–Trinajstić information content (AvgIpc) is 3.52. The molecule has 2 aromatic carbocycles. The fourth-order valence-corrected chi connectivity index (χ4v) is 3.60. The van der Waals surface area contributed by atoms with Gasteiger partial charge in [0, 0.05) is 17.5 Å². The minimum absolute atomic E-state index is 0.390. The summed E-state index contributed by atoms with van der Waals surface area (Å²) < 4.78 is 55.0. The molecule has 1 aliphatic rings. The number of aromatic nitrogens is 1. The summed E-state index contributed by atoms with van der Waals surface area (Å²) in [4.78, 5) is 15.2. The van der Waals surface area contributed by atoms with Crippen molar-refractivity contribution in [2.24, 2.45) is 0 Å². The van der Waals surface area contributed by atoms with Gasteiger partial charge < -0.3 is 19.0 Å². The van der Waals surface area contributed by atoms with Crippen LogP contribution in [0.1, 0.15) is 47.8 Å². The first kappa shape index (κ1) is 23.7. The number of ether oxygens (including phenoxy) is 2. The number of halogens is 3. The van der Waals surface area contributed by atoms with Gasteiger partial charge >= 0.3 is 12.1 Å². The third kappa shape index (κ3) is 5.89. The molecular weight excluding hydrogens is 451 g/mol. The smallest absolute Gasteiger partial charge is 0.416 e. The van der Waals surface area contributed by atoms with Crippen LogP contribution in [0.3, 0.4) is 0 Å². The second-order valence-corrected chi connectivity index (χ2v) is 8.27. The van der Waals surface area contributed by atoms with Crippen LogP contribution in [-0.4, -0.2) is 29.3 Å². The number of hydrogen-bond acceptors (Lipinski definition) is 5. The van der Waals surface area contributed by atoms with E-state index in [1.165, 1.54) is 18.4 Å². The molecule has 3 aromatic rings. The number of aryl methyl sites for hydroxylation is 2. The van der Waals surface area contributed by atoms with Gasteiger partial charge in [-0.1, -0.05) is 12.1 Å². The van der Waals surface area contributed by atoms with E-state index in [9.17, 15) is 18.0 Å². The first-order valence-electron chi connectivity index (χ1n) is 10.9. The number of carboxylic acid groups (broad SMARTS) is 1. The number of alkyl halides is 3.